The fourth-order valence-corrected chi connectivity index (χ4v) is 4.17. The van der Waals surface area contributed by atoms with E-state index in [4.69, 9.17) is 0 Å². The Morgan fingerprint density at radius 1 is 1.33 bits per heavy atom. The molecule has 1 aromatic rings. The molecule has 1 aromatic carbocycles. The van der Waals surface area contributed by atoms with E-state index in [1.54, 1.807) is 0 Å². The molecule has 0 aromatic heterocycles. The van der Waals surface area contributed by atoms with Gasteiger partial charge in [-0.05, 0) is 24.8 Å². The highest BCUT2D eigenvalue weighted by molar-refractivity contribution is 7.91. The lowest BCUT2D eigenvalue weighted by molar-refractivity contribution is 0.435. The van der Waals surface area contributed by atoms with Gasteiger partial charge in [0.05, 0.1) is 11.5 Å². The van der Waals surface area contributed by atoms with Crippen LogP contribution in [-0.2, 0) is 16.3 Å². The van der Waals surface area contributed by atoms with Gasteiger partial charge in [-0.3, -0.25) is 0 Å². The monoisotopic (exact) mass is 267 g/mol. The van der Waals surface area contributed by atoms with E-state index in [0.717, 1.165) is 19.3 Å². The number of sulfone groups is 1. The summed E-state index contributed by atoms with van der Waals surface area (Å²) in [4.78, 5) is 0. The fourth-order valence-electron chi connectivity index (χ4n) is 2.48. The van der Waals surface area contributed by atoms with E-state index in [-0.39, 0.29) is 6.04 Å². The maximum atomic E-state index is 11.4. The van der Waals surface area contributed by atoms with Gasteiger partial charge in [0.25, 0.3) is 0 Å². The van der Waals surface area contributed by atoms with Crippen molar-refractivity contribution in [1.29, 1.82) is 0 Å². The van der Waals surface area contributed by atoms with Crippen LogP contribution >= 0.6 is 0 Å². The van der Waals surface area contributed by atoms with Gasteiger partial charge in [-0.1, -0.05) is 37.3 Å². The van der Waals surface area contributed by atoms with E-state index in [0.29, 0.717) is 17.5 Å². The molecule has 1 aliphatic heterocycles. The van der Waals surface area contributed by atoms with Crippen LogP contribution in [0.1, 0.15) is 25.3 Å². The third-order valence-corrected chi connectivity index (χ3v) is 5.29. The molecule has 2 atom stereocenters. The van der Waals surface area contributed by atoms with Crippen molar-refractivity contribution in [2.45, 2.75) is 38.3 Å². The molecule has 3 nitrogen and oxygen atoms in total. The zero-order valence-electron chi connectivity index (χ0n) is 10.8. The molecule has 1 N–H and O–H groups in total. The lowest BCUT2D eigenvalue weighted by Crippen LogP contribution is -2.40. The molecule has 18 heavy (non-hydrogen) atoms. The molecule has 1 aliphatic rings. The molecule has 0 radical (unpaired) electrons. The number of rotatable bonds is 5. The standard InChI is InChI=1S/C14H21NO2S/c1-2-13(10-12-6-4-3-5-7-12)15-14-8-9-18(16,17)11-14/h3-7,13-15H,2,8-11H2,1H3. The van der Waals surface area contributed by atoms with Crippen LogP contribution in [0.5, 0.6) is 0 Å². The molecule has 0 spiro atoms. The van der Waals surface area contributed by atoms with Crippen molar-refractivity contribution < 1.29 is 8.42 Å². The first-order valence-electron chi connectivity index (χ1n) is 6.59. The van der Waals surface area contributed by atoms with Gasteiger partial charge in [-0.15, -0.1) is 0 Å². The summed E-state index contributed by atoms with van der Waals surface area (Å²) in [6.45, 7) is 2.14. The Morgan fingerprint density at radius 3 is 2.61 bits per heavy atom. The van der Waals surface area contributed by atoms with Gasteiger partial charge in [0.15, 0.2) is 9.84 Å². The van der Waals surface area contributed by atoms with E-state index < -0.39 is 9.84 Å². The summed E-state index contributed by atoms with van der Waals surface area (Å²) in [6.07, 6.45) is 2.74. The summed E-state index contributed by atoms with van der Waals surface area (Å²) in [5.74, 6) is 0.644. The van der Waals surface area contributed by atoms with Crippen LogP contribution in [0.25, 0.3) is 0 Å². The van der Waals surface area contributed by atoms with Crippen LogP contribution in [-0.4, -0.2) is 32.0 Å². The summed E-state index contributed by atoms with van der Waals surface area (Å²) >= 11 is 0. The lowest BCUT2D eigenvalue weighted by Gasteiger charge is -2.21. The molecule has 100 valence electrons. The molecule has 1 saturated heterocycles. The van der Waals surface area contributed by atoms with Crippen LogP contribution in [0.3, 0.4) is 0 Å². The molecular weight excluding hydrogens is 246 g/mol. The van der Waals surface area contributed by atoms with E-state index in [1.807, 2.05) is 18.2 Å². The minimum absolute atomic E-state index is 0.142. The second-order valence-electron chi connectivity index (χ2n) is 5.06. The first-order chi connectivity index (χ1) is 8.59. The van der Waals surface area contributed by atoms with Crippen molar-refractivity contribution in [2.75, 3.05) is 11.5 Å². The van der Waals surface area contributed by atoms with E-state index >= 15 is 0 Å². The minimum Gasteiger partial charge on any atom is -0.310 e. The highest BCUT2D eigenvalue weighted by Gasteiger charge is 2.28. The molecular formula is C14H21NO2S. The van der Waals surface area contributed by atoms with Crippen LogP contribution in [0, 0.1) is 0 Å². The van der Waals surface area contributed by atoms with Crippen molar-refractivity contribution in [3.05, 3.63) is 35.9 Å². The smallest absolute Gasteiger partial charge is 0.151 e. The van der Waals surface area contributed by atoms with E-state index in [9.17, 15) is 8.42 Å². The molecule has 0 amide bonds. The van der Waals surface area contributed by atoms with Gasteiger partial charge in [-0.25, -0.2) is 8.42 Å². The van der Waals surface area contributed by atoms with Crippen LogP contribution < -0.4 is 5.32 Å². The van der Waals surface area contributed by atoms with Crippen molar-refractivity contribution >= 4 is 9.84 Å². The van der Waals surface area contributed by atoms with Gasteiger partial charge in [0.2, 0.25) is 0 Å². The largest absolute Gasteiger partial charge is 0.310 e. The van der Waals surface area contributed by atoms with Gasteiger partial charge in [0, 0.05) is 12.1 Å². The highest BCUT2D eigenvalue weighted by Crippen LogP contribution is 2.14. The first-order valence-corrected chi connectivity index (χ1v) is 8.41. The van der Waals surface area contributed by atoms with E-state index in [2.05, 4.69) is 24.4 Å². The highest BCUT2D eigenvalue weighted by atomic mass is 32.2. The van der Waals surface area contributed by atoms with Crippen LogP contribution in [0.2, 0.25) is 0 Å². The van der Waals surface area contributed by atoms with Crippen molar-refractivity contribution in [3.63, 3.8) is 0 Å². The lowest BCUT2D eigenvalue weighted by atomic mass is 10.0. The maximum Gasteiger partial charge on any atom is 0.151 e. The molecule has 2 rings (SSSR count). The normalized spacial score (nSPS) is 23.9. The van der Waals surface area contributed by atoms with Crippen molar-refractivity contribution in [2.24, 2.45) is 0 Å². The summed E-state index contributed by atoms with van der Waals surface area (Å²) < 4.78 is 22.9. The molecule has 1 fully saturated rings. The SMILES string of the molecule is CCC(Cc1ccccc1)NC1CCS(=O)(=O)C1. The second kappa shape index (κ2) is 5.85. The zero-order valence-corrected chi connectivity index (χ0v) is 11.6. The Labute approximate surface area is 110 Å². The Bertz CT molecular complexity index is 470. The molecule has 0 saturated carbocycles. The Kier molecular flexibility index (Phi) is 4.40. The zero-order chi connectivity index (χ0) is 13.0. The average molecular weight is 267 g/mol. The summed E-state index contributed by atoms with van der Waals surface area (Å²) in [5.41, 5.74) is 1.30. The third kappa shape index (κ3) is 3.82. The number of benzene rings is 1. The van der Waals surface area contributed by atoms with Gasteiger partial charge in [-0.2, -0.15) is 0 Å². The molecule has 1 heterocycles. The minimum atomic E-state index is -2.78. The van der Waals surface area contributed by atoms with Gasteiger partial charge in [0.1, 0.15) is 0 Å². The van der Waals surface area contributed by atoms with Crippen LogP contribution in [0.15, 0.2) is 30.3 Å². The maximum absolute atomic E-state index is 11.4. The first kappa shape index (κ1) is 13.6. The van der Waals surface area contributed by atoms with Crippen molar-refractivity contribution in [1.82, 2.24) is 5.32 Å². The number of nitrogens with one attached hydrogen (secondary N) is 1. The topological polar surface area (TPSA) is 46.2 Å². The summed E-state index contributed by atoms with van der Waals surface area (Å²) in [5, 5.41) is 3.49. The Balaban J connectivity index is 1.90. The average Bonchev–Trinajstić information content (AvgIpc) is 2.69. The predicted octanol–water partition coefficient (Wildman–Crippen LogP) is 1.78. The second-order valence-corrected chi connectivity index (χ2v) is 7.29. The Hall–Kier alpha value is -0.870. The molecule has 4 heteroatoms. The van der Waals surface area contributed by atoms with Gasteiger partial charge >= 0.3 is 0 Å². The summed E-state index contributed by atoms with van der Waals surface area (Å²) in [6, 6.07) is 10.9. The summed E-state index contributed by atoms with van der Waals surface area (Å²) in [7, 11) is -2.78. The van der Waals surface area contributed by atoms with Crippen molar-refractivity contribution in [3.8, 4) is 0 Å². The predicted molar refractivity (Wildman–Crippen MR) is 74.4 cm³/mol. The molecule has 2 unspecified atom stereocenters. The van der Waals surface area contributed by atoms with Gasteiger partial charge < -0.3 is 5.32 Å². The molecule has 0 bridgehead atoms. The molecule has 0 aliphatic carbocycles. The fraction of sp³-hybridized carbons (Fsp3) is 0.571. The Morgan fingerprint density at radius 2 is 2.06 bits per heavy atom. The number of hydrogen-bond donors (Lipinski definition) is 1. The van der Waals surface area contributed by atoms with Crippen LogP contribution in [0.4, 0.5) is 0 Å². The third-order valence-electron chi connectivity index (χ3n) is 3.52. The number of hydrogen-bond acceptors (Lipinski definition) is 3. The van der Waals surface area contributed by atoms with E-state index in [1.165, 1.54) is 5.56 Å². The quantitative estimate of drug-likeness (QED) is 0.884.